The quantitative estimate of drug-likeness (QED) is 0.771. The van der Waals surface area contributed by atoms with Gasteiger partial charge in [-0.15, -0.1) is 0 Å². The van der Waals surface area contributed by atoms with Crippen molar-refractivity contribution in [2.45, 2.75) is 38.3 Å². The van der Waals surface area contributed by atoms with Crippen LogP contribution in [-0.4, -0.2) is 38.7 Å². The number of fused-ring (bicyclic) bond motifs is 3. The molecule has 3 N–H and O–H groups in total. The summed E-state index contributed by atoms with van der Waals surface area (Å²) < 4.78 is 7.35. The Morgan fingerprint density at radius 2 is 2.04 bits per heavy atom. The molecule has 0 radical (unpaired) electrons. The minimum Gasteiger partial charge on any atom is -0.389 e. The first-order valence-electron chi connectivity index (χ1n) is 8.45. The van der Waals surface area contributed by atoms with Crippen LogP contribution in [0.25, 0.3) is 21.8 Å². The fraction of sp³-hybridized carbons (Fsp3) is 0.444. The van der Waals surface area contributed by atoms with Crippen molar-refractivity contribution in [2.24, 2.45) is 0 Å². The van der Waals surface area contributed by atoms with Crippen molar-refractivity contribution in [1.82, 2.24) is 14.8 Å². The molecule has 0 saturated carbocycles. The molecule has 3 heterocycles. The van der Waals surface area contributed by atoms with Crippen LogP contribution in [0, 0.1) is 0 Å². The predicted molar refractivity (Wildman–Crippen MR) is 93.8 cm³/mol. The van der Waals surface area contributed by atoms with Crippen molar-refractivity contribution < 1.29 is 9.84 Å². The van der Waals surface area contributed by atoms with Gasteiger partial charge in [0.2, 0.25) is 0 Å². The lowest BCUT2D eigenvalue weighted by molar-refractivity contribution is -0.0633. The Bertz CT molecular complexity index is 897. The highest BCUT2D eigenvalue weighted by Crippen LogP contribution is 2.34. The summed E-state index contributed by atoms with van der Waals surface area (Å²) in [5, 5.41) is 17.7. The van der Waals surface area contributed by atoms with Crippen molar-refractivity contribution in [1.29, 1.82) is 0 Å². The van der Waals surface area contributed by atoms with Crippen LogP contribution in [0.3, 0.4) is 0 Å². The number of aryl methyl sites for hydroxylation is 1. The maximum Gasteiger partial charge on any atom is 0.152 e. The summed E-state index contributed by atoms with van der Waals surface area (Å²) in [7, 11) is 0. The molecule has 1 fully saturated rings. The second-order valence-corrected chi connectivity index (χ2v) is 6.51. The zero-order valence-corrected chi connectivity index (χ0v) is 13.8. The Hall–Kier alpha value is -2.18. The topological polar surface area (TPSA) is 86.2 Å². The van der Waals surface area contributed by atoms with Crippen LogP contribution < -0.4 is 5.73 Å². The van der Waals surface area contributed by atoms with Crippen LogP contribution >= 0.6 is 0 Å². The van der Waals surface area contributed by atoms with E-state index in [4.69, 9.17) is 10.5 Å². The number of aromatic nitrogens is 3. The lowest BCUT2D eigenvalue weighted by atomic mass is 9.88. The van der Waals surface area contributed by atoms with Crippen LogP contribution in [-0.2, 0) is 17.7 Å². The Kier molecular flexibility index (Phi) is 3.66. The van der Waals surface area contributed by atoms with Gasteiger partial charge in [0, 0.05) is 42.6 Å². The average Bonchev–Trinajstić information content (AvgIpc) is 2.94. The molecule has 1 saturated heterocycles. The third-order valence-electron chi connectivity index (χ3n) is 4.93. The van der Waals surface area contributed by atoms with E-state index in [0.29, 0.717) is 38.3 Å². The number of rotatable bonds is 3. The van der Waals surface area contributed by atoms with E-state index in [1.807, 2.05) is 28.9 Å². The van der Waals surface area contributed by atoms with Gasteiger partial charge in [-0.3, -0.25) is 4.68 Å². The summed E-state index contributed by atoms with van der Waals surface area (Å²) in [5.41, 5.74) is 8.02. The number of aliphatic hydroxyl groups is 1. The highest BCUT2D eigenvalue weighted by Gasteiger charge is 2.32. The number of ether oxygens (including phenoxy) is 1. The fourth-order valence-corrected chi connectivity index (χ4v) is 3.61. The molecule has 24 heavy (non-hydrogen) atoms. The van der Waals surface area contributed by atoms with Crippen LogP contribution in [0.5, 0.6) is 0 Å². The number of para-hydroxylation sites is 1. The first-order valence-corrected chi connectivity index (χ1v) is 8.45. The van der Waals surface area contributed by atoms with E-state index in [1.165, 1.54) is 0 Å². The molecule has 0 unspecified atom stereocenters. The Balaban J connectivity index is 1.95. The molecular weight excluding hydrogens is 304 g/mol. The summed E-state index contributed by atoms with van der Waals surface area (Å²) in [6.45, 7) is 3.97. The molecule has 0 atom stereocenters. The number of hydrogen-bond donors (Lipinski definition) is 2. The third kappa shape index (κ3) is 2.42. The fourth-order valence-electron chi connectivity index (χ4n) is 3.61. The van der Waals surface area contributed by atoms with Gasteiger partial charge >= 0.3 is 0 Å². The zero-order valence-electron chi connectivity index (χ0n) is 13.8. The van der Waals surface area contributed by atoms with Crippen molar-refractivity contribution in [3.63, 3.8) is 0 Å². The molecule has 0 aliphatic carbocycles. The van der Waals surface area contributed by atoms with E-state index in [0.717, 1.165) is 34.0 Å². The molecule has 0 bridgehead atoms. The second-order valence-electron chi connectivity index (χ2n) is 6.51. The molecule has 0 spiro atoms. The van der Waals surface area contributed by atoms with Crippen LogP contribution in [0.1, 0.15) is 25.5 Å². The summed E-state index contributed by atoms with van der Waals surface area (Å²) >= 11 is 0. The molecule has 4 rings (SSSR count). The lowest BCUT2D eigenvalue weighted by Gasteiger charge is -2.32. The summed E-state index contributed by atoms with van der Waals surface area (Å²) in [4.78, 5) is 4.48. The number of nitrogens with two attached hydrogens (primary N) is 1. The minimum atomic E-state index is -0.753. The van der Waals surface area contributed by atoms with Crippen molar-refractivity contribution in [3.8, 4) is 0 Å². The van der Waals surface area contributed by atoms with E-state index in [-0.39, 0.29) is 0 Å². The van der Waals surface area contributed by atoms with Gasteiger partial charge < -0.3 is 15.6 Å². The lowest BCUT2D eigenvalue weighted by Crippen LogP contribution is -2.38. The number of hydrogen-bond acceptors (Lipinski definition) is 5. The van der Waals surface area contributed by atoms with Crippen LogP contribution in [0.15, 0.2) is 24.3 Å². The molecule has 0 amide bonds. The first-order chi connectivity index (χ1) is 11.6. The third-order valence-corrected chi connectivity index (χ3v) is 4.93. The van der Waals surface area contributed by atoms with E-state index in [1.54, 1.807) is 0 Å². The second kappa shape index (κ2) is 5.72. The molecule has 3 aromatic rings. The van der Waals surface area contributed by atoms with Crippen molar-refractivity contribution in [3.05, 3.63) is 30.0 Å². The van der Waals surface area contributed by atoms with Gasteiger partial charge in [-0.05, 0) is 25.8 Å². The Morgan fingerprint density at radius 1 is 1.29 bits per heavy atom. The molecule has 6 heteroatoms. The number of anilines is 1. The van der Waals surface area contributed by atoms with Gasteiger partial charge in [-0.25, -0.2) is 4.98 Å². The number of benzene rings is 1. The smallest absolute Gasteiger partial charge is 0.152 e. The number of nitrogens with zero attached hydrogens (tertiary/aromatic N) is 3. The molecule has 1 aromatic carbocycles. The molecular formula is C18H22N4O2. The Morgan fingerprint density at radius 3 is 2.79 bits per heavy atom. The van der Waals surface area contributed by atoms with E-state index in [2.05, 4.69) is 17.0 Å². The van der Waals surface area contributed by atoms with E-state index >= 15 is 0 Å². The average molecular weight is 326 g/mol. The summed E-state index contributed by atoms with van der Waals surface area (Å²) in [6, 6.07) is 7.96. The van der Waals surface area contributed by atoms with Gasteiger partial charge in [0.15, 0.2) is 5.82 Å². The summed E-state index contributed by atoms with van der Waals surface area (Å²) in [6.07, 6.45) is 1.83. The standard InChI is InChI=1S/C18H22N4O2/c1-2-22-14(11-18(23)7-9-24-10-8-18)15-12-5-3-4-6-13(12)20-17(19)16(15)21-22/h3-6,23H,2,7-11H2,1H3,(H2,19,20). The van der Waals surface area contributed by atoms with E-state index in [9.17, 15) is 5.11 Å². The predicted octanol–water partition coefficient (Wildman–Crippen LogP) is 2.27. The Labute approximate surface area is 140 Å². The molecule has 1 aliphatic heterocycles. The molecule has 1 aliphatic rings. The SMILES string of the molecule is CCn1nc2c(N)nc3ccccc3c2c1CC1(O)CCOCC1. The van der Waals surface area contributed by atoms with Gasteiger partial charge in [-0.1, -0.05) is 18.2 Å². The van der Waals surface area contributed by atoms with Gasteiger partial charge in [-0.2, -0.15) is 5.10 Å². The van der Waals surface area contributed by atoms with Gasteiger partial charge in [0.05, 0.1) is 11.1 Å². The maximum absolute atomic E-state index is 11.0. The highest BCUT2D eigenvalue weighted by atomic mass is 16.5. The van der Waals surface area contributed by atoms with Crippen molar-refractivity contribution in [2.75, 3.05) is 18.9 Å². The van der Waals surface area contributed by atoms with Crippen LogP contribution in [0.2, 0.25) is 0 Å². The first kappa shape index (κ1) is 15.4. The largest absolute Gasteiger partial charge is 0.389 e. The zero-order chi connectivity index (χ0) is 16.7. The highest BCUT2D eigenvalue weighted by molar-refractivity contribution is 6.09. The number of nitrogen functional groups attached to an aromatic ring is 1. The summed E-state index contributed by atoms with van der Waals surface area (Å²) in [5.74, 6) is 0.441. The van der Waals surface area contributed by atoms with Crippen LogP contribution in [0.4, 0.5) is 5.82 Å². The van der Waals surface area contributed by atoms with E-state index < -0.39 is 5.60 Å². The molecule has 2 aromatic heterocycles. The van der Waals surface area contributed by atoms with Crippen molar-refractivity contribution >= 4 is 27.6 Å². The minimum absolute atomic E-state index is 0.441. The molecule has 6 nitrogen and oxygen atoms in total. The van der Waals surface area contributed by atoms with Gasteiger partial charge in [0.25, 0.3) is 0 Å². The normalized spacial score (nSPS) is 17.6. The van der Waals surface area contributed by atoms with Gasteiger partial charge in [0.1, 0.15) is 5.52 Å². The number of pyridine rings is 1. The maximum atomic E-state index is 11.0. The monoisotopic (exact) mass is 326 g/mol. The molecule has 126 valence electrons.